The lowest BCUT2D eigenvalue weighted by atomic mass is 10.0. The minimum Gasteiger partial charge on any atom is -0.309 e. The minimum absolute atomic E-state index is 0.259. The fourth-order valence-electron chi connectivity index (χ4n) is 2.20. The third kappa shape index (κ3) is 2.03. The van der Waals surface area contributed by atoms with Crippen molar-refractivity contribution in [3.05, 3.63) is 64.5 Å². The summed E-state index contributed by atoms with van der Waals surface area (Å²) in [6, 6.07) is 15.0. The van der Waals surface area contributed by atoms with Gasteiger partial charge in [0.05, 0.1) is 11.6 Å². The molecule has 3 aromatic rings. The first-order chi connectivity index (χ1) is 8.88. The molecule has 0 fully saturated rings. The van der Waals surface area contributed by atoms with Crippen LogP contribution in [-0.2, 0) is 0 Å². The molecule has 1 atom stereocenters. The second-order valence-corrected chi connectivity index (χ2v) is 5.17. The van der Waals surface area contributed by atoms with E-state index in [1.165, 1.54) is 15.8 Å². The zero-order chi connectivity index (χ0) is 12.4. The lowest BCUT2D eigenvalue weighted by molar-refractivity contribution is 0.705. The number of nitrogens with zero attached hydrogens (tertiary/aromatic N) is 1. The van der Waals surface area contributed by atoms with Crippen molar-refractivity contribution in [2.75, 3.05) is 7.05 Å². The molecule has 1 aromatic carbocycles. The van der Waals surface area contributed by atoms with Crippen molar-refractivity contribution in [3.8, 4) is 0 Å². The molecule has 18 heavy (non-hydrogen) atoms. The molecule has 0 aliphatic heterocycles. The molecule has 0 aliphatic rings. The number of hydrogen-bond donors (Lipinski definition) is 1. The van der Waals surface area contributed by atoms with Gasteiger partial charge in [-0.25, -0.2) is 0 Å². The first kappa shape index (κ1) is 11.4. The van der Waals surface area contributed by atoms with E-state index in [2.05, 4.69) is 52.1 Å². The van der Waals surface area contributed by atoms with Crippen molar-refractivity contribution in [2.45, 2.75) is 6.04 Å². The van der Waals surface area contributed by atoms with Crippen LogP contribution >= 0.6 is 11.3 Å². The van der Waals surface area contributed by atoms with Crippen molar-refractivity contribution < 1.29 is 0 Å². The van der Waals surface area contributed by atoms with Crippen LogP contribution in [0, 0.1) is 0 Å². The van der Waals surface area contributed by atoms with Crippen LogP contribution in [0.1, 0.15) is 16.5 Å². The number of hydrogen-bond acceptors (Lipinski definition) is 3. The molecule has 0 bridgehead atoms. The third-order valence-electron chi connectivity index (χ3n) is 3.08. The van der Waals surface area contributed by atoms with E-state index in [-0.39, 0.29) is 6.04 Å². The number of pyridine rings is 1. The predicted molar refractivity (Wildman–Crippen MR) is 77.0 cm³/mol. The number of aromatic nitrogens is 1. The molecule has 0 aliphatic carbocycles. The summed E-state index contributed by atoms with van der Waals surface area (Å²) in [6.07, 6.45) is 1.83. The summed E-state index contributed by atoms with van der Waals surface area (Å²) >= 11 is 1.78. The summed E-state index contributed by atoms with van der Waals surface area (Å²) in [5.74, 6) is 0. The molecule has 90 valence electrons. The fourth-order valence-corrected chi connectivity index (χ4v) is 3.06. The number of fused-ring (bicyclic) bond motifs is 1. The van der Waals surface area contributed by atoms with Gasteiger partial charge in [-0.3, -0.25) is 4.98 Å². The molecule has 1 unspecified atom stereocenters. The highest BCUT2D eigenvalue weighted by Gasteiger charge is 2.13. The molecule has 0 saturated heterocycles. The van der Waals surface area contributed by atoms with Crippen LogP contribution in [0.2, 0.25) is 0 Å². The molecular formula is C15H14N2S. The van der Waals surface area contributed by atoms with Crippen molar-refractivity contribution in [2.24, 2.45) is 0 Å². The lowest BCUT2D eigenvalue weighted by Crippen LogP contribution is -2.16. The molecular weight excluding hydrogens is 240 g/mol. The van der Waals surface area contributed by atoms with Crippen LogP contribution in [-0.4, -0.2) is 12.0 Å². The van der Waals surface area contributed by atoms with Crippen LogP contribution in [0.5, 0.6) is 0 Å². The van der Waals surface area contributed by atoms with E-state index in [1.54, 1.807) is 11.3 Å². The van der Waals surface area contributed by atoms with Crippen molar-refractivity contribution in [1.29, 1.82) is 0 Å². The van der Waals surface area contributed by atoms with Gasteiger partial charge >= 0.3 is 0 Å². The Morgan fingerprint density at radius 2 is 2.11 bits per heavy atom. The maximum Gasteiger partial charge on any atom is 0.0702 e. The summed E-state index contributed by atoms with van der Waals surface area (Å²) in [5, 5.41) is 6.68. The normalized spacial score (nSPS) is 12.7. The average molecular weight is 254 g/mol. The van der Waals surface area contributed by atoms with Gasteiger partial charge in [-0.2, -0.15) is 0 Å². The maximum atomic E-state index is 4.35. The second kappa shape index (κ2) is 4.88. The van der Waals surface area contributed by atoms with Crippen LogP contribution in [0.25, 0.3) is 10.9 Å². The average Bonchev–Trinajstić information content (AvgIpc) is 2.93. The largest absolute Gasteiger partial charge is 0.309 e. The fraction of sp³-hybridized carbons (Fsp3) is 0.133. The molecule has 3 rings (SSSR count). The molecule has 0 amide bonds. The van der Waals surface area contributed by atoms with Gasteiger partial charge < -0.3 is 5.32 Å². The van der Waals surface area contributed by atoms with Gasteiger partial charge in [-0.15, -0.1) is 11.3 Å². The van der Waals surface area contributed by atoms with Gasteiger partial charge in [-0.1, -0.05) is 18.2 Å². The molecule has 2 nitrogen and oxygen atoms in total. The van der Waals surface area contributed by atoms with Crippen LogP contribution in [0.15, 0.2) is 54.0 Å². The monoisotopic (exact) mass is 254 g/mol. The maximum absolute atomic E-state index is 4.35. The standard InChI is InChI=1S/C15H14N2S/c1-16-15(14-5-3-9-18-14)12-6-7-13-11(10-12)4-2-8-17-13/h2-10,15-16H,1H3. The Morgan fingerprint density at radius 1 is 1.17 bits per heavy atom. The number of benzene rings is 1. The molecule has 2 heterocycles. The predicted octanol–water partition coefficient (Wildman–Crippen LogP) is 3.61. The van der Waals surface area contributed by atoms with Gasteiger partial charge in [0.2, 0.25) is 0 Å². The Morgan fingerprint density at radius 3 is 2.89 bits per heavy atom. The highest BCUT2D eigenvalue weighted by Crippen LogP contribution is 2.27. The molecule has 3 heteroatoms. The van der Waals surface area contributed by atoms with Crippen molar-refractivity contribution in [3.63, 3.8) is 0 Å². The quantitative estimate of drug-likeness (QED) is 0.772. The van der Waals surface area contributed by atoms with E-state index in [0.717, 1.165) is 5.52 Å². The Balaban J connectivity index is 2.07. The molecule has 1 N–H and O–H groups in total. The zero-order valence-electron chi connectivity index (χ0n) is 10.1. The van der Waals surface area contributed by atoms with E-state index < -0.39 is 0 Å². The van der Waals surface area contributed by atoms with E-state index in [0.29, 0.717) is 0 Å². The summed E-state index contributed by atoms with van der Waals surface area (Å²) in [5.41, 5.74) is 2.32. The van der Waals surface area contributed by atoms with E-state index in [4.69, 9.17) is 0 Å². The van der Waals surface area contributed by atoms with Gasteiger partial charge in [0, 0.05) is 16.5 Å². The minimum atomic E-state index is 0.259. The van der Waals surface area contributed by atoms with E-state index in [1.807, 2.05) is 19.3 Å². The van der Waals surface area contributed by atoms with Gasteiger partial charge in [0.15, 0.2) is 0 Å². The van der Waals surface area contributed by atoms with Gasteiger partial charge in [-0.05, 0) is 42.3 Å². The summed E-state index contributed by atoms with van der Waals surface area (Å²) in [4.78, 5) is 5.69. The SMILES string of the molecule is CNC(c1ccc2ncccc2c1)c1cccs1. The Labute approximate surface area is 110 Å². The van der Waals surface area contributed by atoms with Crippen LogP contribution < -0.4 is 5.32 Å². The summed E-state index contributed by atoms with van der Waals surface area (Å²) < 4.78 is 0. The van der Waals surface area contributed by atoms with Crippen LogP contribution in [0.3, 0.4) is 0 Å². The molecule has 0 spiro atoms. The Hall–Kier alpha value is -1.71. The second-order valence-electron chi connectivity index (χ2n) is 4.19. The molecule has 2 aromatic heterocycles. The van der Waals surface area contributed by atoms with Crippen LogP contribution in [0.4, 0.5) is 0 Å². The number of thiophene rings is 1. The molecule has 0 saturated carbocycles. The Bertz CT molecular complexity index is 646. The Kier molecular flexibility index (Phi) is 3.09. The topological polar surface area (TPSA) is 24.9 Å². The van der Waals surface area contributed by atoms with Gasteiger partial charge in [0.1, 0.15) is 0 Å². The first-order valence-electron chi connectivity index (χ1n) is 5.94. The van der Waals surface area contributed by atoms with Crippen molar-refractivity contribution in [1.82, 2.24) is 10.3 Å². The summed E-state index contributed by atoms with van der Waals surface area (Å²) in [7, 11) is 2.00. The zero-order valence-corrected chi connectivity index (χ0v) is 10.9. The highest BCUT2D eigenvalue weighted by molar-refractivity contribution is 7.10. The highest BCUT2D eigenvalue weighted by atomic mass is 32.1. The number of rotatable bonds is 3. The number of nitrogens with one attached hydrogen (secondary N) is 1. The van der Waals surface area contributed by atoms with E-state index in [9.17, 15) is 0 Å². The third-order valence-corrected chi connectivity index (χ3v) is 4.01. The van der Waals surface area contributed by atoms with Gasteiger partial charge in [0.25, 0.3) is 0 Å². The smallest absolute Gasteiger partial charge is 0.0702 e. The summed E-state index contributed by atoms with van der Waals surface area (Å²) in [6.45, 7) is 0. The van der Waals surface area contributed by atoms with Crippen molar-refractivity contribution >= 4 is 22.2 Å². The first-order valence-corrected chi connectivity index (χ1v) is 6.82. The molecule has 0 radical (unpaired) electrons. The van der Waals surface area contributed by atoms with E-state index >= 15 is 0 Å². The lowest BCUT2D eigenvalue weighted by Gasteiger charge is -2.15.